The number of amides is 1. The maximum atomic E-state index is 12.4. The van der Waals surface area contributed by atoms with E-state index in [4.69, 9.17) is 0 Å². The Morgan fingerprint density at radius 3 is 2.80 bits per heavy atom. The van der Waals surface area contributed by atoms with Crippen LogP contribution in [0.5, 0.6) is 0 Å². The largest absolute Gasteiger partial charge is 0.347 e. The first-order valence-electron chi connectivity index (χ1n) is 7.90. The molecule has 3 heterocycles. The van der Waals surface area contributed by atoms with E-state index in [9.17, 15) is 14.9 Å². The van der Waals surface area contributed by atoms with Gasteiger partial charge in [0.05, 0.1) is 12.1 Å². The summed E-state index contributed by atoms with van der Waals surface area (Å²) in [5, 5.41) is 13.6. The van der Waals surface area contributed by atoms with Gasteiger partial charge in [-0.3, -0.25) is 9.36 Å². The normalized spacial score (nSPS) is 13.3. The number of likely N-dealkylation sites (N-methyl/N-ethyl adjacent to an activating group) is 1. The van der Waals surface area contributed by atoms with Gasteiger partial charge in [0.25, 0.3) is 0 Å². The molecule has 2 aromatic rings. The molecule has 3 rings (SSSR count). The summed E-state index contributed by atoms with van der Waals surface area (Å²) in [6.45, 7) is 3.13. The Balaban J connectivity index is 1.90. The molecule has 0 unspecified atom stereocenters. The summed E-state index contributed by atoms with van der Waals surface area (Å²) in [6, 6.07) is 5.69. The minimum atomic E-state index is -0.289. The fraction of sp³-hybridized carbons (Fsp3) is 0.438. The SMILES string of the molecule is Cc1ccc(C#N)c(N2CCn3c(nn(CC(=O)N(C)C)c3=O)C2)n1. The number of pyridine rings is 1. The third kappa shape index (κ3) is 3.10. The van der Waals surface area contributed by atoms with Crippen molar-refractivity contribution in [2.24, 2.45) is 0 Å². The molecule has 0 aromatic carbocycles. The Morgan fingerprint density at radius 1 is 1.36 bits per heavy atom. The number of aromatic nitrogens is 4. The van der Waals surface area contributed by atoms with Crippen LogP contribution in [0.1, 0.15) is 17.1 Å². The zero-order valence-electron chi connectivity index (χ0n) is 14.4. The summed E-state index contributed by atoms with van der Waals surface area (Å²) in [5.74, 6) is 0.969. The third-order valence-electron chi connectivity index (χ3n) is 4.14. The lowest BCUT2D eigenvalue weighted by molar-refractivity contribution is -0.129. The number of hydrogen-bond donors (Lipinski definition) is 0. The number of nitrogens with zero attached hydrogens (tertiary/aromatic N) is 7. The first-order chi connectivity index (χ1) is 11.9. The molecule has 0 radical (unpaired) electrons. The topological polar surface area (TPSA) is 100 Å². The van der Waals surface area contributed by atoms with Crippen LogP contribution in [0.15, 0.2) is 16.9 Å². The molecule has 1 aliphatic heterocycles. The Hall–Kier alpha value is -3.15. The van der Waals surface area contributed by atoms with Gasteiger partial charge in [-0.25, -0.2) is 14.5 Å². The van der Waals surface area contributed by atoms with Gasteiger partial charge in [-0.15, -0.1) is 0 Å². The minimum absolute atomic E-state index is 0.0853. The maximum Gasteiger partial charge on any atom is 0.346 e. The highest BCUT2D eigenvalue weighted by Crippen LogP contribution is 2.21. The lowest BCUT2D eigenvalue weighted by Crippen LogP contribution is -2.39. The summed E-state index contributed by atoms with van der Waals surface area (Å²) >= 11 is 0. The van der Waals surface area contributed by atoms with E-state index < -0.39 is 0 Å². The van der Waals surface area contributed by atoms with Gasteiger partial charge < -0.3 is 9.80 Å². The van der Waals surface area contributed by atoms with E-state index in [0.29, 0.717) is 36.8 Å². The fourth-order valence-electron chi connectivity index (χ4n) is 2.72. The highest BCUT2D eigenvalue weighted by Gasteiger charge is 2.25. The molecular formula is C16H19N7O2. The molecule has 0 spiro atoms. The highest BCUT2D eigenvalue weighted by atomic mass is 16.2. The standard InChI is InChI=1S/C16H19N7O2/c1-11-4-5-12(8-17)15(18-11)21-6-7-22-13(9-21)19-23(16(22)25)10-14(24)20(2)3/h4-5H,6-7,9-10H2,1-3H3. The quantitative estimate of drug-likeness (QED) is 0.762. The van der Waals surface area contributed by atoms with Crippen molar-refractivity contribution < 1.29 is 4.79 Å². The number of carbonyl (C=O) groups excluding carboxylic acids is 1. The number of hydrogen-bond acceptors (Lipinski definition) is 6. The van der Waals surface area contributed by atoms with Crippen LogP contribution < -0.4 is 10.6 Å². The van der Waals surface area contributed by atoms with Gasteiger partial charge >= 0.3 is 5.69 Å². The Bertz CT molecular complexity index is 920. The summed E-state index contributed by atoms with van der Waals surface area (Å²) in [7, 11) is 3.27. The van der Waals surface area contributed by atoms with E-state index in [1.807, 2.05) is 11.8 Å². The number of carbonyl (C=O) groups is 1. The molecule has 0 aliphatic carbocycles. The van der Waals surface area contributed by atoms with Gasteiger partial charge in [-0.05, 0) is 19.1 Å². The number of rotatable bonds is 3. The first-order valence-corrected chi connectivity index (χ1v) is 7.90. The van der Waals surface area contributed by atoms with Gasteiger partial charge in [0.15, 0.2) is 5.82 Å². The molecule has 2 aromatic heterocycles. The van der Waals surface area contributed by atoms with E-state index in [1.165, 1.54) is 9.58 Å². The average Bonchev–Trinajstić information content (AvgIpc) is 2.90. The van der Waals surface area contributed by atoms with Crippen molar-refractivity contribution in [2.45, 2.75) is 26.6 Å². The second-order valence-corrected chi connectivity index (χ2v) is 6.15. The smallest absolute Gasteiger partial charge is 0.346 e. The van der Waals surface area contributed by atoms with Crippen LogP contribution in [-0.2, 0) is 24.4 Å². The lowest BCUT2D eigenvalue weighted by Gasteiger charge is -2.28. The van der Waals surface area contributed by atoms with Crippen LogP contribution in [0.2, 0.25) is 0 Å². The molecule has 1 amide bonds. The zero-order valence-corrected chi connectivity index (χ0v) is 14.4. The number of nitriles is 1. The minimum Gasteiger partial charge on any atom is -0.347 e. The Labute approximate surface area is 144 Å². The molecule has 9 heteroatoms. The molecule has 0 atom stereocenters. The lowest BCUT2D eigenvalue weighted by atomic mass is 10.2. The van der Waals surface area contributed by atoms with Crippen molar-refractivity contribution in [1.29, 1.82) is 5.26 Å². The zero-order chi connectivity index (χ0) is 18.1. The molecule has 130 valence electrons. The van der Waals surface area contributed by atoms with Crippen molar-refractivity contribution in [3.63, 3.8) is 0 Å². The molecular weight excluding hydrogens is 322 g/mol. The van der Waals surface area contributed by atoms with Gasteiger partial charge in [0, 0.05) is 32.9 Å². The Kier molecular flexibility index (Phi) is 4.27. The molecule has 0 saturated heterocycles. The van der Waals surface area contributed by atoms with Crippen molar-refractivity contribution in [2.75, 3.05) is 25.5 Å². The van der Waals surface area contributed by atoms with Crippen molar-refractivity contribution in [1.82, 2.24) is 24.2 Å². The van der Waals surface area contributed by atoms with Crippen molar-refractivity contribution in [3.8, 4) is 6.07 Å². The molecule has 9 nitrogen and oxygen atoms in total. The number of aryl methyl sites for hydroxylation is 1. The molecule has 0 fully saturated rings. The van der Waals surface area contributed by atoms with Gasteiger partial charge in [0.1, 0.15) is 18.4 Å². The molecule has 0 bridgehead atoms. The average molecular weight is 341 g/mol. The third-order valence-corrected chi connectivity index (χ3v) is 4.14. The van der Waals surface area contributed by atoms with E-state index in [2.05, 4.69) is 16.2 Å². The summed E-state index contributed by atoms with van der Waals surface area (Å²) in [4.78, 5) is 32.1. The van der Waals surface area contributed by atoms with Crippen LogP contribution in [0.3, 0.4) is 0 Å². The summed E-state index contributed by atoms with van der Waals surface area (Å²) in [6.07, 6.45) is 0. The van der Waals surface area contributed by atoms with Crippen LogP contribution in [0, 0.1) is 18.3 Å². The van der Waals surface area contributed by atoms with Crippen LogP contribution in [0.25, 0.3) is 0 Å². The van der Waals surface area contributed by atoms with E-state index in [0.717, 1.165) is 5.69 Å². The molecule has 25 heavy (non-hydrogen) atoms. The highest BCUT2D eigenvalue weighted by molar-refractivity contribution is 5.75. The first kappa shape index (κ1) is 16.7. The van der Waals surface area contributed by atoms with Gasteiger partial charge in [-0.1, -0.05) is 0 Å². The molecule has 1 aliphatic rings. The van der Waals surface area contributed by atoms with Gasteiger partial charge in [-0.2, -0.15) is 10.4 Å². The van der Waals surface area contributed by atoms with E-state index in [-0.39, 0.29) is 18.1 Å². The monoisotopic (exact) mass is 341 g/mol. The van der Waals surface area contributed by atoms with Crippen LogP contribution in [0.4, 0.5) is 5.82 Å². The number of fused-ring (bicyclic) bond motifs is 1. The summed E-state index contributed by atoms with van der Waals surface area (Å²) in [5.41, 5.74) is 1.02. The fourth-order valence-corrected chi connectivity index (χ4v) is 2.72. The molecule has 0 N–H and O–H groups in total. The Morgan fingerprint density at radius 2 is 2.12 bits per heavy atom. The van der Waals surface area contributed by atoms with Crippen molar-refractivity contribution in [3.05, 3.63) is 39.7 Å². The predicted molar refractivity (Wildman–Crippen MR) is 89.9 cm³/mol. The molecule has 0 saturated carbocycles. The predicted octanol–water partition coefficient (Wildman–Crippen LogP) is -0.272. The number of anilines is 1. The van der Waals surface area contributed by atoms with E-state index in [1.54, 1.807) is 30.8 Å². The van der Waals surface area contributed by atoms with Crippen LogP contribution in [-0.4, -0.2) is 50.8 Å². The second kappa shape index (κ2) is 6.39. The maximum absolute atomic E-state index is 12.4. The van der Waals surface area contributed by atoms with Gasteiger partial charge in [0.2, 0.25) is 5.91 Å². The van der Waals surface area contributed by atoms with Crippen LogP contribution >= 0.6 is 0 Å². The van der Waals surface area contributed by atoms with Crippen molar-refractivity contribution >= 4 is 11.7 Å². The second-order valence-electron chi connectivity index (χ2n) is 6.15. The summed E-state index contributed by atoms with van der Waals surface area (Å²) < 4.78 is 2.76. The van der Waals surface area contributed by atoms with E-state index >= 15 is 0 Å².